The van der Waals surface area contributed by atoms with E-state index in [0.717, 1.165) is 54.1 Å². The van der Waals surface area contributed by atoms with E-state index < -0.39 is 0 Å². The molecule has 158 valence electrons. The minimum absolute atomic E-state index is 0.134. The lowest BCUT2D eigenvalue weighted by molar-refractivity contribution is -0.892. The molecular formula is C25H24Cl2N3O+. The van der Waals surface area contributed by atoms with E-state index in [4.69, 9.17) is 33.7 Å². The molecule has 6 heteroatoms. The molecule has 0 spiro atoms. The van der Waals surface area contributed by atoms with Gasteiger partial charge in [0.1, 0.15) is 30.5 Å². The van der Waals surface area contributed by atoms with Gasteiger partial charge in [0, 0.05) is 21.2 Å². The second-order valence-corrected chi connectivity index (χ2v) is 8.66. The number of halogens is 2. The smallest absolute Gasteiger partial charge is 0.205 e. The summed E-state index contributed by atoms with van der Waals surface area (Å²) in [5, 5.41) is 11.2. The van der Waals surface area contributed by atoms with Crippen molar-refractivity contribution in [2.45, 2.75) is 19.3 Å². The van der Waals surface area contributed by atoms with E-state index in [9.17, 15) is 5.26 Å². The first kappa shape index (κ1) is 21.5. The largest absolute Gasteiger partial charge is 0.440 e. The predicted molar refractivity (Wildman–Crippen MR) is 124 cm³/mol. The van der Waals surface area contributed by atoms with E-state index in [2.05, 4.69) is 19.1 Å². The first-order valence-electron chi connectivity index (χ1n) is 10.4. The highest BCUT2D eigenvalue weighted by Crippen LogP contribution is 2.43. The van der Waals surface area contributed by atoms with Gasteiger partial charge < -0.3 is 15.4 Å². The van der Waals surface area contributed by atoms with Crippen LogP contribution in [0.3, 0.4) is 0 Å². The number of hydrogen-bond donors (Lipinski definition) is 2. The van der Waals surface area contributed by atoms with Gasteiger partial charge in [0.05, 0.1) is 12.5 Å². The third-order valence-electron chi connectivity index (χ3n) is 5.75. The Morgan fingerprint density at radius 3 is 2.52 bits per heavy atom. The number of nitriles is 1. The van der Waals surface area contributed by atoms with Crippen LogP contribution in [0.2, 0.25) is 10.0 Å². The summed E-state index contributed by atoms with van der Waals surface area (Å²) in [4.78, 5) is 1.40. The molecule has 0 amide bonds. The molecule has 0 fully saturated rings. The van der Waals surface area contributed by atoms with Gasteiger partial charge in [-0.3, -0.25) is 0 Å². The van der Waals surface area contributed by atoms with Crippen LogP contribution in [0.5, 0.6) is 0 Å². The Morgan fingerprint density at radius 1 is 1.13 bits per heavy atom. The second kappa shape index (κ2) is 9.20. The van der Waals surface area contributed by atoms with Gasteiger partial charge in [-0.25, -0.2) is 0 Å². The molecule has 2 aromatic rings. The highest BCUT2D eigenvalue weighted by Gasteiger charge is 2.40. The number of benzene rings is 2. The molecule has 0 aliphatic carbocycles. The number of nitrogens with two attached hydrogens (primary N) is 1. The molecule has 0 aromatic heterocycles. The highest BCUT2D eigenvalue weighted by atomic mass is 35.5. The summed E-state index contributed by atoms with van der Waals surface area (Å²) in [5.74, 6) is 0.542. The van der Waals surface area contributed by atoms with Crippen molar-refractivity contribution >= 4 is 29.3 Å². The summed E-state index contributed by atoms with van der Waals surface area (Å²) in [6.45, 7) is 4.74. The number of rotatable bonds is 4. The molecule has 2 aliphatic heterocycles. The van der Waals surface area contributed by atoms with Gasteiger partial charge in [-0.15, -0.1) is 0 Å². The Morgan fingerprint density at radius 2 is 1.84 bits per heavy atom. The van der Waals surface area contributed by atoms with Gasteiger partial charge in [0.2, 0.25) is 5.88 Å². The fourth-order valence-corrected chi connectivity index (χ4v) is 4.85. The standard InChI is InChI=1S/C25H23Cl2N3O/c1-2-11-30-14-17(12-16-7-3-5-9-21(16)26)24-20(15-30)23(19(13-28)25(29)31-24)18-8-4-6-10-22(18)27/h3-10,12,23H,2,11,14-15,29H2,1H3/p+1/b17-12+/t23-/m0/s1. The third-order valence-corrected chi connectivity index (χ3v) is 6.44. The van der Waals surface area contributed by atoms with E-state index in [1.165, 1.54) is 4.90 Å². The number of allylic oxidation sites excluding steroid dienone is 1. The van der Waals surface area contributed by atoms with Crippen LogP contribution < -0.4 is 10.6 Å². The van der Waals surface area contributed by atoms with Crippen molar-refractivity contribution in [2.24, 2.45) is 5.73 Å². The van der Waals surface area contributed by atoms with E-state index >= 15 is 0 Å². The fourth-order valence-electron chi connectivity index (χ4n) is 4.41. The molecular weight excluding hydrogens is 429 g/mol. The van der Waals surface area contributed by atoms with E-state index in [1.54, 1.807) is 0 Å². The first-order valence-corrected chi connectivity index (χ1v) is 11.1. The van der Waals surface area contributed by atoms with Crippen LogP contribution in [0, 0.1) is 11.3 Å². The quantitative estimate of drug-likeness (QED) is 0.719. The van der Waals surface area contributed by atoms with Crippen LogP contribution in [0.15, 0.2) is 76.9 Å². The average Bonchev–Trinajstić information content (AvgIpc) is 2.76. The van der Waals surface area contributed by atoms with E-state index in [0.29, 0.717) is 15.6 Å². The second-order valence-electron chi connectivity index (χ2n) is 7.85. The van der Waals surface area contributed by atoms with Gasteiger partial charge in [0.25, 0.3) is 0 Å². The maximum Gasteiger partial charge on any atom is 0.205 e. The Balaban J connectivity index is 1.91. The number of ether oxygens (including phenoxy) is 1. The average molecular weight is 453 g/mol. The van der Waals surface area contributed by atoms with E-state index in [-0.39, 0.29) is 11.8 Å². The molecule has 31 heavy (non-hydrogen) atoms. The van der Waals surface area contributed by atoms with Crippen molar-refractivity contribution in [1.29, 1.82) is 5.26 Å². The monoisotopic (exact) mass is 452 g/mol. The normalized spacial score (nSPS) is 22.2. The molecule has 2 aliphatic rings. The van der Waals surface area contributed by atoms with Crippen molar-refractivity contribution in [3.05, 3.63) is 98.1 Å². The molecule has 0 saturated carbocycles. The minimum atomic E-state index is -0.329. The van der Waals surface area contributed by atoms with Crippen molar-refractivity contribution in [2.75, 3.05) is 19.6 Å². The molecule has 2 aromatic carbocycles. The maximum atomic E-state index is 9.91. The van der Waals surface area contributed by atoms with Gasteiger partial charge in [0.15, 0.2) is 0 Å². The van der Waals surface area contributed by atoms with Crippen LogP contribution >= 0.6 is 23.2 Å². The Kier molecular flexibility index (Phi) is 6.38. The summed E-state index contributed by atoms with van der Waals surface area (Å²) in [6.07, 6.45) is 3.12. The lowest BCUT2D eigenvalue weighted by Gasteiger charge is -2.36. The molecule has 2 atom stereocenters. The molecule has 4 nitrogen and oxygen atoms in total. The summed E-state index contributed by atoms with van der Waals surface area (Å²) in [5.41, 5.74) is 10.5. The van der Waals surface area contributed by atoms with Crippen molar-refractivity contribution in [3.63, 3.8) is 0 Å². The Labute approximate surface area is 192 Å². The number of nitrogens with one attached hydrogen (secondary N) is 1. The number of quaternary nitrogens is 1. The summed E-state index contributed by atoms with van der Waals surface area (Å²) >= 11 is 13.0. The van der Waals surface area contributed by atoms with Gasteiger partial charge in [-0.1, -0.05) is 66.5 Å². The highest BCUT2D eigenvalue weighted by molar-refractivity contribution is 6.32. The first-order chi connectivity index (χ1) is 15.0. The van der Waals surface area contributed by atoms with Crippen LogP contribution in [0.4, 0.5) is 0 Å². The minimum Gasteiger partial charge on any atom is -0.440 e. The van der Waals surface area contributed by atoms with E-state index in [1.807, 2.05) is 48.5 Å². The van der Waals surface area contributed by atoms with Crippen molar-refractivity contribution in [1.82, 2.24) is 0 Å². The SMILES string of the molecule is CCC[NH+]1CC2=C(OC(N)=C(C#N)[C@@H]2c2ccccc2Cl)/C(=C/c2ccccc2Cl)C1. The van der Waals surface area contributed by atoms with Crippen LogP contribution in [-0.2, 0) is 4.74 Å². The van der Waals surface area contributed by atoms with Crippen LogP contribution in [0.25, 0.3) is 6.08 Å². The molecule has 0 saturated heterocycles. The molecule has 2 heterocycles. The van der Waals surface area contributed by atoms with Crippen molar-refractivity contribution < 1.29 is 9.64 Å². The van der Waals surface area contributed by atoms with Gasteiger partial charge >= 0.3 is 0 Å². The third kappa shape index (κ3) is 4.22. The van der Waals surface area contributed by atoms with Gasteiger partial charge in [-0.05, 0) is 35.8 Å². The summed E-state index contributed by atoms with van der Waals surface area (Å²) in [7, 11) is 0. The molecule has 3 N–H and O–H groups in total. The molecule has 0 bridgehead atoms. The van der Waals surface area contributed by atoms with Crippen LogP contribution in [0.1, 0.15) is 30.4 Å². The predicted octanol–water partition coefficient (Wildman–Crippen LogP) is 4.45. The Bertz CT molecular complexity index is 1140. The molecule has 0 radical (unpaired) electrons. The lowest BCUT2D eigenvalue weighted by Crippen LogP contribution is -3.13. The van der Waals surface area contributed by atoms with Crippen molar-refractivity contribution in [3.8, 4) is 6.07 Å². The zero-order chi connectivity index (χ0) is 22.0. The zero-order valence-electron chi connectivity index (χ0n) is 17.3. The molecule has 1 unspecified atom stereocenters. The number of hydrogen-bond acceptors (Lipinski definition) is 3. The zero-order valence-corrected chi connectivity index (χ0v) is 18.8. The lowest BCUT2D eigenvalue weighted by atomic mass is 9.80. The fraction of sp³-hybridized carbons (Fsp3) is 0.240. The summed E-state index contributed by atoms with van der Waals surface area (Å²) < 4.78 is 6.08. The topological polar surface area (TPSA) is 63.5 Å². The molecule has 4 rings (SSSR count). The Hall–Kier alpha value is -2.71. The van der Waals surface area contributed by atoms with Gasteiger partial charge in [-0.2, -0.15) is 5.26 Å². The number of nitrogens with zero attached hydrogens (tertiary/aromatic N) is 1. The summed E-state index contributed by atoms with van der Waals surface area (Å²) in [6, 6.07) is 17.6. The van der Waals surface area contributed by atoms with Crippen LogP contribution in [-0.4, -0.2) is 19.6 Å². The maximum absolute atomic E-state index is 9.91.